The Morgan fingerprint density at radius 2 is 1.80 bits per heavy atom. The Hall–Kier alpha value is -2.79. The molecule has 0 aliphatic carbocycles. The van der Waals surface area contributed by atoms with E-state index in [0.29, 0.717) is 19.8 Å². The van der Waals surface area contributed by atoms with Gasteiger partial charge in [-0.05, 0) is 23.3 Å². The van der Waals surface area contributed by atoms with Gasteiger partial charge < -0.3 is 19.5 Å². The third kappa shape index (κ3) is 7.54. The Kier molecular flexibility index (Phi) is 8.08. The molecule has 5 nitrogen and oxygen atoms in total. The standard InChI is InChI=1S/C20H23NO4/c1-23-14-15-24-19-11-9-17(10-12-19)8-5-13-21-20(22)25-16-18-6-3-2-4-7-18/h2-12H,13-16H2,1H3,(H,21,22). The first-order valence-corrected chi connectivity index (χ1v) is 8.11. The van der Waals surface area contributed by atoms with Gasteiger partial charge in [0.05, 0.1) is 6.61 Å². The van der Waals surface area contributed by atoms with E-state index in [-0.39, 0.29) is 6.61 Å². The highest BCUT2D eigenvalue weighted by Crippen LogP contribution is 2.13. The zero-order chi connectivity index (χ0) is 17.7. The van der Waals surface area contributed by atoms with Crippen molar-refractivity contribution in [2.45, 2.75) is 6.61 Å². The van der Waals surface area contributed by atoms with E-state index in [9.17, 15) is 4.79 Å². The van der Waals surface area contributed by atoms with Crippen molar-refractivity contribution in [2.75, 3.05) is 26.9 Å². The fraction of sp³-hybridized carbons (Fsp3) is 0.250. The molecule has 2 rings (SSSR count). The lowest BCUT2D eigenvalue weighted by Crippen LogP contribution is -2.24. The van der Waals surface area contributed by atoms with Gasteiger partial charge in [0.15, 0.2) is 0 Å². The maximum absolute atomic E-state index is 11.6. The van der Waals surface area contributed by atoms with Gasteiger partial charge in [0.2, 0.25) is 0 Å². The number of alkyl carbamates (subject to hydrolysis) is 1. The quantitative estimate of drug-likeness (QED) is 0.707. The highest BCUT2D eigenvalue weighted by atomic mass is 16.5. The zero-order valence-corrected chi connectivity index (χ0v) is 14.3. The van der Waals surface area contributed by atoms with E-state index in [1.54, 1.807) is 7.11 Å². The van der Waals surface area contributed by atoms with Crippen molar-refractivity contribution in [2.24, 2.45) is 0 Å². The van der Waals surface area contributed by atoms with Crippen molar-refractivity contribution in [3.05, 3.63) is 71.8 Å². The molecule has 132 valence electrons. The van der Waals surface area contributed by atoms with Crippen molar-refractivity contribution in [3.63, 3.8) is 0 Å². The molecule has 0 unspecified atom stereocenters. The molecule has 0 saturated heterocycles. The van der Waals surface area contributed by atoms with Gasteiger partial charge in [0, 0.05) is 13.7 Å². The molecule has 0 aliphatic rings. The summed E-state index contributed by atoms with van der Waals surface area (Å²) in [5.74, 6) is 0.803. The van der Waals surface area contributed by atoms with Crippen molar-refractivity contribution >= 4 is 12.2 Å². The van der Waals surface area contributed by atoms with E-state index >= 15 is 0 Å². The smallest absolute Gasteiger partial charge is 0.407 e. The number of amides is 1. The predicted molar refractivity (Wildman–Crippen MR) is 97.5 cm³/mol. The van der Waals surface area contributed by atoms with Gasteiger partial charge in [0.25, 0.3) is 0 Å². The van der Waals surface area contributed by atoms with E-state index in [1.165, 1.54) is 0 Å². The number of ether oxygens (including phenoxy) is 3. The average Bonchev–Trinajstić information content (AvgIpc) is 2.66. The van der Waals surface area contributed by atoms with Gasteiger partial charge in [-0.25, -0.2) is 4.79 Å². The third-order valence-corrected chi connectivity index (χ3v) is 3.32. The van der Waals surface area contributed by atoms with Crippen LogP contribution < -0.4 is 10.1 Å². The summed E-state index contributed by atoms with van der Waals surface area (Å²) in [4.78, 5) is 11.6. The minimum Gasteiger partial charge on any atom is -0.491 e. The van der Waals surface area contributed by atoms with Crippen LogP contribution in [0.25, 0.3) is 6.08 Å². The molecule has 25 heavy (non-hydrogen) atoms. The molecular weight excluding hydrogens is 318 g/mol. The van der Waals surface area contributed by atoms with Gasteiger partial charge in [0.1, 0.15) is 19.0 Å². The van der Waals surface area contributed by atoms with Gasteiger partial charge in [-0.3, -0.25) is 0 Å². The summed E-state index contributed by atoms with van der Waals surface area (Å²) < 4.78 is 15.6. The Balaban J connectivity index is 1.65. The lowest BCUT2D eigenvalue weighted by Gasteiger charge is -2.06. The summed E-state index contributed by atoms with van der Waals surface area (Å²) in [6.45, 7) is 1.76. The Bertz CT molecular complexity index is 653. The fourth-order valence-corrected chi connectivity index (χ4v) is 2.03. The molecule has 5 heteroatoms. The lowest BCUT2D eigenvalue weighted by atomic mass is 10.2. The van der Waals surface area contributed by atoms with E-state index < -0.39 is 6.09 Å². The minimum absolute atomic E-state index is 0.265. The second kappa shape index (κ2) is 10.9. The summed E-state index contributed by atoms with van der Waals surface area (Å²) in [5.41, 5.74) is 1.99. The van der Waals surface area contributed by atoms with Crippen LogP contribution in [0.5, 0.6) is 5.75 Å². The van der Waals surface area contributed by atoms with E-state index in [1.807, 2.05) is 66.7 Å². The Morgan fingerprint density at radius 1 is 1.04 bits per heavy atom. The number of hydrogen-bond donors (Lipinski definition) is 1. The van der Waals surface area contributed by atoms with E-state index in [0.717, 1.165) is 16.9 Å². The number of benzene rings is 2. The van der Waals surface area contributed by atoms with Crippen LogP contribution in [-0.2, 0) is 16.1 Å². The van der Waals surface area contributed by atoms with Crippen molar-refractivity contribution in [1.29, 1.82) is 0 Å². The molecule has 0 saturated carbocycles. The largest absolute Gasteiger partial charge is 0.491 e. The molecule has 0 bridgehead atoms. The molecule has 1 amide bonds. The summed E-state index contributed by atoms with van der Waals surface area (Å²) >= 11 is 0. The summed E-state index contributed by atoms with van der Waals surface area (Å²) in [6, 6.07) is 17.3. The molecular formula is C20H23NO4. The van der Waals surface area contributed by atoms with Crippen LogP contribution in [0.1, 0.15) is 11.1 Å². The predicted octanol–water partition coefficient (Wildman–Crippen LogP) is 3.65. The number of hydrogen-bond acceptors (Lipinski definition) is 4. The molecule has 0 spiro atoms. The van der Waals surface area contributed by atoms with Crippen molar-refractivity contribution in [1.82, 2.24) is 5.32 Å². The van der Waals surface area contributed by atoms with E-state index in [2.05, 4.69) is 5.32 Å². The molecule has 0 fully saturated rings. The number of nitrogens with one attached hydrogen (secondary N) is 1. The summed E-state index contributed by atoms with van der Waals surface area (Å²) in [6.07, 6.45) is 3.36. The molecule has 0 aromatic heterocycles. The normalized spacial score (nSPS) is 10.6. The van der Waals surface area contributed by atoms with Gasteiger partial charge in [-0.1, -0.05) is 54.6 Å². The first-order valence-electron chi connectivity index (χ1n) is 8.11. The lowest BCUT2D eigenvalue weighted by molar-refractivity contribution is 0.141. The van der Waals surface area contributed by atoms with Crippen LogP contribution in [0.2, 0.25) is 0 Å². The first-order chi connectivity index (χ1) is 12.3. The number of rotatable bonds is 9. The van der Waals surface area contributed by atoms with E-state index in [4.69, 9.17) is 14.2 Å². The molecule has 2 aromatic rings. The molecule has 2 aromatic carbocycles. The Morgan fingerprint density at radius 3 is 2.52 bits per heavy atom. The van der Waals surface area contributed by atoms with Crippen molar-refractivity contribution in [3.8, 4) is 5.75 Å². The highest BCUT2D eigenvalue weighted by molar-refractivity contribution is 5.67. The monoisotopic (exact) mass is 341 g/mol. The molecule has 0 heterocycles. The first kappa shape index (κ1) is 18.5. The van der Waals surface area contributed by atoms with Crippen LogP contribution in [0.15, 0.2) is 60.7 Å². The second-order valence-electron chi connectivity index (χ2n) is 5.26. The number of methoxy groups -OCH3 is 1. The molecule has 0 atom stereocenters. The fourth-order valence-electron chi connectivity index (χ4n) is 2.03. The van der Waals surface area contributed by atoms with Crippen LogP contribution in [0.4, 0.5) is 4.79 Å². The summed E-state index contributed by atoms with van der Waals surface area (Å²) in [5, 5.41) is 2.68. The maximum atomic E-state index is 11.6. The SMILES string of the molecule is COCCOc1ccc(C=CCNC(=O)OCc2ccccc2)cc1. The Labute approximate surface area is 148 Å². The summed E-state index contributed by atoms with van der Waals surface area (Å²) in [7, 11) is 1.64. The van der Waals surface area contributed by atoms with Crippen LogP contribution in [-0.4, -0.2) is 33.0 Å². The third-order valence-electron chi connectivity index (χ3n) is 3.32. The number of carbonyl (C=O) groups is 1. The minimum atomic E-state index is -0.435. The van der Waals surface area contributed by atoms with Gasteiger partial charge in [-0.2, -0.15) is 0 Å². The van der Waals surface area contributed by atoms with Crippen LogP contribution in [0, 0.1) is 0 Å². The van der Waals surface area contributed by atoms with Crippen LogP contribution in [0.3, 0.4) is 0 Å². The highest BCUT2D eigenvalue weighted by Gasteiger charge is 2.00. The van der Waals surface area contributed by atoms with Crippen molar-refractivity contribution < 1.29 is 19.0 Å². The molecule has 1 N–H and O–H groups in total. The van der Waals surface area contributed by atoms with Crippen LogP contribution >= 0.6 is 0 Å². The number of carbonyl (C=O) groups excluding carboxylic acids is 1. The van der Waals surface area contributed by atoms with Gasteiger partial charge >= 0.3 is 6.09 Å². The molecule has 0 radical (unpaired) electrons. The van der Waals surface area contributed by atoms with Gasteiger partial charge in [-0.15, -0.1) is 0 Å². The second-order valence-corrected chi connectivity index (χ2v) is 5.26. The molecule has 0 aliphatic heterocycles. The zero-order valence-electron chi connectivity index (χ0n) is 14.3. The topological polar surface area (TPSA) is 56.8 Å². The maximum Gasteiger partial charge on any atom is 0.407 e. The average molecular weight is 341 g/mol.